The number of methoxy groups -OCH3 is 2. The first kappa shape index (κ1) is 16.9. The molecule has 0 N–H and O–H groups in total. The maximum absolute atomic E-state index is 12.2. The molecule has 0 spiro atoms. The van der Waals surface area contributed by atoms with Gasteiger partial charge in [-0.1, -0.05) is 19.6 Å². The van der Waals surface area contributed by atoms with E-state index < -0.39 is 0 Å². The van der Waals surface area contributed by atoms with Crippen LogP contribution in [0.25, 0.3) is 17.2 Å². The number of hydrogen-bond acceptors (Lipinski definition) is 3. The van der Waals surface area contributed by atoms with E-state index in [1.54, 1.807) is 24.9 Å². The lowest BCUT2D eigenvalue weighted by atomic mass is 10.0. The van der Waals surface area contributed by atoms with Gasteiger partial charge in [-0.2, -0.15) is 0 Å². The van der Waals surface area contributed by atoms with E-state index >= 15 is 0 Å². The molecule has 4 nitrogen and oxygen atoms in total. The molecule has 0 saturated carbocycles. The van der Waals surface area contributed by atoms with Crippen molar-refractivity contribution in [2.24, 2.45) is 0 Å². The van der Waals surface area contributed by atoms with E-state index in [1.165, 1.54) is 0 Å². The number of pyridine rings is 1. The summed E-state index contributed by atoms with van der Waals surface area (Å²) in [6.45, 7) is 8.40. The van der Waals surface area contributed by atoms with Gasteiger partial charge >= 0.3 is 0 Å². The summed E-state index contributed by atoms with van der Waals surface area (Å²) in [6.07, 6.45) is 4.51. The topological polar surface area (TPSA) is 40.5 Å². The minimum atomic E-state index is 0.0530. The third-order valence-corrected chi connectivity index (χ3v) is 3.81. The molecule has 0 amide bonds. The summed E-state index contributed by atoms with van der Waals surface area (Å²) < 4.78 is 12.7. The fourth-order valence-electron chi connectivity index (χ4n) is 2.66. The molecule has 0 aliphatic heterocycles. The largest absolute Gasteiger partial charge is 0.496 e. The lowest BCUT2D eigenvalue weighted by Crippen LogP contribution is -2.21. The van der Waals surface area contributed by atoms with Gasteiger partial charge in [0.25, 0.3) is 5.56 Å². The molecule has 0 bridgehead atoms. The summed E-state index contributed by atoms with van der Waals surface area (Å²) in [6, 6.07) is 5.78. The Kier molecular flexibility index (Phi) is 5.27. The highest BCUT2D eigenvalue weighted by Crippen LogP contribution is 2.35. The molecule has 0 atom stereocenters. The first-order valence-electron chi connectivity index (χ1n) is 7.65. The molecule has 0 aliphatic rings. The van der Waals surface area contributed by atoms with Crippen molar-refractivity contribution < 1.29 is 9.47 Å². The summed E-state index contributed by atoms with van der Waals surface area (Å²) in [4.78, 5) is 12.2. The normalized spacial score (nSPS) is 10.4. The third kappa shape index (κ3) is 3.31. The van der Waals surface area contributed by atoms with E-state index in [4.69, 9.17) is 9.47 Å². The van der Waals surface area contributed by atoms with Gasteiger partial charge < -0.3 is 14.0 Å². The molecule has 1 heterocycles. The Hall–Kier alpha value is -2.49. The standard InChI is InChI=1S/C19H23NO3/c1-6-8-20-12-15(9-13(3)19(20)21)14-10-17(22-4)16(7-2)18(11-14)23-5/h7,9-12H,2,6,8H2,1,3-5H3. The van der Waals surface area contributed by atoms with Crippen molar-refractivity contribution in [1.82, 2.24) is 4.57 Å². The minimum absolute atomic E-state index is 0.0530. The second-order valence-electron chi connectivity index (χ2n) is 5.41. The van der Waals surface area contributed by atoms with Gasteiger partial charge in [-0.3, -0.25) is 4.79 Å². The summed E-state index contributed by atoms with van der Waals surface area (Å²) in [5.74, 6) is 1.39. The van der Waals surface area contributed by atoms with Crippen LogP contribution in [-0.2, 0) is 6.54 Å². The lowest BCUT2D eigenvalue weighted by molar-refractivity contribution is 0.393. The molecule has 2 aromatic rings. The maximum Gasteiger partial charge on any atom is 0.253 e. The van der Waals surface area contributed by atoms with Crippen LogP contribution < -0.4 is 15.0 Å². The van der Waals surface area contributed by atoms with Crippen LogP contribution >= 0.6 is 0 Å². The van der Waals surface area contributed by atoms with E-state index in [9.17, 15) is 4.79 Å². The van der Waals surface area contributed by atoms with Crippen LogP contribution in [-0.4, -0.2) is 18.8 Å². The molecular weight excluding hydrogens is 290 g/mol. The number of ether oxygens (including phenoxy) is 2. The molecule has 1 aromatic carbocycles. The van der Waals surface area contributed by atoms with Crippen molar-refractivity contribution in [3.05, 3.63) is 52.5 Å². The minimum Gasteiger partial charge on any atom is -0.496 e. The molecule has 1 aromatic heterocycles. The van der Waals surface area contributed by atoms with Crippen LogP contribution in [0.15, 0.2) is 35.8 Å². The van der Waals surface area contributed by atoms with Crippen LogP contribution in [0.5, 0.6) is 11.5 Å². The van der Waals surface area contributed by atoms with E-state index in [-0.39, 0.29) is 5.56 Å². The zero-order valence-electron chi connectivity index (χ0n) is 14.2. The van der Waals surface area contributed by atoms with Crippen molar-refractivity contribution in [2.75, 3.05) is 14.2 Å². The number of benzene rings is 1. The molecule has 23 heavy (non-hydrogen) atoms. The molecule has 0 aliphatic carbocycles. The van der Waals surface area contributed by atoms with E-state index in [2.05, 4.69) is 13.5 Å². The highest BCUT2D eigenvalue weighted by atomic mass is 16.5. The van der Waals surface area contributed by atoms with Gasteiger partial charge in [0.1, 0.15) is 11.5 Å². The summed E-state index contributed by atoms with van der Waals surface area (Å²) >= 11 is 0. The zero-order chi connectivity index (χ0) is 17.0. The summed E-state index contributed by atoms with van der Waals surface area (Å²) in [7, 11) is 3.24. The van der Waals surface area contributed by atoms with Gasteiger partial charge in [-0.15, -0.1) is 0 Å². The Morgan fingerprint density at radius 3 is 2.22 bits per heavy atom. The Bertz CT molecular complexity index is 750. The second kappa shape index (κ2) is 7.18. The first-order valence-corrected chi connectivity index (χ1v) is 7.65. The van der Waals surface area contributed by atoms with Gasteiger partial charge in [-0.05, 0) is 42.7 Å². The fraction of sp³-hybridized carbons (Fsp3) is 0.316. The van der Waals surface area contributed by atoms with E-state index in [0.717, 1.165) is 28.7 Å². The molecule has 0 saturated heterocycles. The zero-order valence-corrected chi connectivity index (χ0v) is 14.2. The smallest absolute Gasteiger partial charge is 0.253 e. The summed E-state index contributed by atoms with van der Waals surface area (Å²) in [5, 5.41) is 0. The number of aryl methyl sites for hydroxylation is 2. The molecule has 0 unspecified atom stereocenters. The fourth-order valence-corrected chi connectivity index (χ4v) is 2.66. The number of rotatable bonds is 6. The van der Waals surface area contributed by atoms with Crippen molar-refractivity contribution >= 4 is 6.08 Å². The SMILES string of the molecule is C=Cc1c(OC)cc(-c2cc(C)c(=O)n(CCC)c2)cc1OC. The monoisotopic (exact) mass is 313 g/mol. The molecule has 0 radical (unpaired) electrons. The molecule has 4 heteroatoms. The predicted molar refractivity (Wildman–Crippen MR) is 94.4 cm³/mol. The Labute approximate surface area is 137 Å². The van der Waals surface area contributed by atoms with Crippen LogP contribution in [0.2, 0.25) is 0 Å². The molecule has 0 fully saturated rings. The Balaban J connectivity index is 2.66. The quantitative estimate of drug-likeness (QED) is 0.812. The van der Waals surface area contributed by atoms with Gasteiger partial charge in [0.2, 0.25) is 0 Å². The number of aromatic nitrogens is 1. The van der Waals surface area contributed by atoms with Gasteiger partial charge in [0, 0.05) is 18.3 Å². The van der Waals surface area contributed by atoms with E-state index in [0.29, 0.717) is 18.0 Å². The number of hydrogen-bond donors (Lipinski definition) is 0. The van der Waals surface area contributed by atoms with Crippen LogP contribution in [0.3, 0.4) is 0 Å². The molecular formula is C19H23NO3. The predicted octanol–water partition coefficient (Wildman–Crippen LogP) is 3.89. The first-order chi connectivity index (χ1) is 11.0. The molecule has 122 valence electrons. The van der Waals surface area contributed by atoms with Crippen LogP contribution in [0.1, 0.15) is 24.5 Å². The lowest BCUT2D eigenvalue weighted by Gasteiger charge is -2.15. The third-order valence-electron chi connectivity index (χ3n) is 3.81. The highest BCUT2D eigenvalue weighted by molar-refractivity contribution is 5.74. The van der Waals surface area contributed by atoms with Crippen molar-refractivity contribution in [3.8, 4) is 22.6 Å². The van der Waals surface area contributed by atoms with Crippen LogP contribution in [0.4, 0.5) is 0 Å². The Morgan fingerprint density at radius 2 is 1.74 bits per heavy atom. The highest BCUT2D eigenvalue weighted by Gasteiger charge is 2.12. The number of nitrogens with zero attached hydrogens (tertiary/aromatic N) is 1. The van der Waals surface area contributed by atoms with E-state index in [1.807, 2.05) is 31.3 Å². The maximum atomic E-state index is 12.2. The van der Waals surface area contributed by atoms with Crippen molar-refractivity contribution in [1.29, 1.82) is 0 Å². The molecule has 2 rings (SSSR count). The second-order valence-corrected chi connectivity index (χ2v) is 5.41. The van der Waals surface area contributed by atoms with Gasteiger partial charge in [-0.25, -0.2) is 0 Å². The average molecular weight is 313 g/mol. The average Bonchev–Trinajstić information content (AvgIpc) is 2.57. The van der Waals surface area contributed by atoms with Crippen molar-refractivity contribution in [3.63, 3.8) is 0 Å². The van der Waals surface area contributed by atoms with Crippen LogP contribution in [0, 0.1) is 6.92 Å². The van der Waals surface area contributed by atoms with Crippen molar-refractivity contribution in [2.45, 2.75) is 26.8 Å². The Morgan fingerprint density at radius 1 is 1.13 bits per heavy atom. The van der Waals surface area contributed by atoms with Gasteiger partial charge in [0.05, 0.1) is 19.8 Å². The summed E-state index contributed by atoms with van der Waals surface area (Å²) in [5.41, 5.74) is 3.50. The van der Waals surface area contributed by atoms with Gasteiger partial charge in [0.15, 0.2) is 0 Å².